The summed E-state index contributed by atoms with van der Waals surface area (Å²) in [7, 11) is -2.11. The van der Waals surface area contributed by atoms with E-state index in [1.807, 2.05) is 18.4 Å². The number of carbonyl (C=O) groups excluding carboxylic acids is 1. The summed E-state index contributed by atoms with van der Waals surface area (Å²) in [6.07, 6.45) is 0. The molecule has 2 aromatic rings. The number of rotatable bonds is 13. The predicted octanol–water partition coefficient (Wildman–Crippen LogP) is 3.31. The van der Waals surface area contributed by atoms with Gasteiger partial charge >= 0.3 is 0 Å². The third-order valence-electron chi connectivity index (χ3n) is 5.12. The highest BCUT2D eigenvalue weighted by atomic mass is 32.2. The number of carbonyl (C=O) groups is 1. The third-order valence-corrected chi connectivity index (χ3v) is 8.17. The van der Waals surface area contributed by atoms with Crippen LogP contribution in [0.25, 0.3) is 0 Å². The molecule has 0 saturated heterocycles. The molecular formula is C22H34N4O5S2. The van der Waals surface area contributed by atoms with Crippen LogP contribution in [-0.2, 0) is 26.1 Å². The molecule has 11 heteroatoms. The van der Waals surface area contributed by atoms with Gasteiger partial charge in [-0.15, -0.1) is 0 Å². The van der Waals surface area contributed by atoms with E-state index in [1.54, 1.807) is 40.0 Å². The zero-order valence-corrected chi connectivity index (χ0v) is 21.8. The minimum Gasteiger partial charge on any atom is -0.492 e. The van der Waals surface area contributed by atoms with Crippen LogP contribution in [0.2, 0.25) is 0 Å². The largest absolute Gasteiger partial charge is 0.492 e. The highest BCUT2D eigenvalue weighted by Gasteiger charge is 2.26. The highest BCUT2D eigenvalue weighted by molar-refractivity contribution is 7.99. The molecule has 0 spiro atoms. The second-order valence-corrected chi connectivity index (χ2v) is 10.1. The number of benzene rings is 1. The molecule has 0 bridgehead atoms. The van der Waals surface area contributed by atoms with Crippen LogP contribution in [0.5, 0.6) is 5.75 Å². The number of ether oxygens (including phenoxy) is 2. The quantitative estimate of drug-likeness (QED) is 0.423. The minimum absolute atomic E-state index is 0.0415. The molecule has 1 amide bonds. The van der Waals surface area contributed by atoms with Crippen LogP contribution >= 0.6 is 11.8 Å². The molecule has 1 N–H and O–H groups in total. The molecule has 0 aliphatic rings. The van der Waals surface area contributed by atoms with Gasteiger partial charge in [0.25, 0.3) is 0 Å². The summed E-state index contributed by atoms with van der Waals surface area (Å²) in [4.78, 5) is 17.2. The molecule has 0 aliphatic heterocycles. The number of thioether (sulfide) groups is 1. The molecule has 0 saturated carbocycles. The summed E-state index contributed by atoms with van der Waals surface area (Å²) in [5, 5.41) is 3.54. The Balaban J connectivity index is 2.19. The van der Waals surface area contributed by atoms with Gasteiger partial charge in [0.1, 0.15) is 10.6 Å². The molecule has 0 radical (unpaired) electrons. The standard InChI is InChI=1S/C22H34N4O5S2/c1-7-25(8-2)33(28,29)20-14-18(10-11-19(20)31-9-3)24-21(27)15-32-22-23-16(4)17(5)26(22)12-13-30-6/h10-11,14H,7-9,12-13,15H2,1-6H3,(H,24,27). The molecule has 0 unspecified atom stereocenters. The molecule has 184 valence electrons. The summed E-state index contributed by atoms with van der Waals surface area (Å²) >= 11 is 1.33. The predicted molar refractivity (Wildman–Crippen MR) is 131 cm³/mol. The number of sulfonamides is 1. The number of aryl methyl sites for hydroxylation is 1. The molecule has 1 heterocycles. The minimum atomic E-state index is -3.76. The van der Waals surface area contributed by atoms with Crippen molar-refractivity contribution in [3.8, 4) is 5.75 Å². The Morgan fingerprint density at radius 2 is 1.91 bits per heavy atom. The molecule has 33 heavy (non-hydrogen) atoms. The van der Waals surface area contributed by atoms with E-state index in [2.05, 4.69) is 10.3 Å². The van der Waals surface area contributed by atoms with Crippen LogP contribution in [0.3, 0.4) is 0 Å². The molecular weight excluding hydrogens is 464 g/mol. The smallest absolute Gasteiger partial charge is 0.246 e. The number of hydrogen-bond donors (Lipinski definition) is 1. The molecule has 1 aromatic carbocycles. The van der Waals surface area contributed by atoms with Gasteiger partial charge in [-0.1, -0.05) is 25.6 Å². The van der Waals surface area contributed by atoms with Crippen molar-refractivity contribution in [1.29, 1.82) is 0 Å². The van der Waals surface area contributed by atoms with Gasteiger partial charge in [-0.3, -0.25) is 4.79 Å². The van der Waals surface area contributed by atoms with Crippen LogP contribution in [0.15, 0.2) is 28.3 Å². The maximum Gasteiger partial charge on any atom is 0.246 e. The van der Waals surface area contributed by atoms with E-state index in [1.165, 1.54) is 22.1 Å². The fourth-order valence-corrected chi connectivity index (χ4v) is 5.80. The maximum absolute atomic E-state index is 13.1. The van der Waals surface area contributed by atoms with E-state index in [9.17, 15) is 13.2 Å². The number of imidazole rings is 1. The zero-order valence-electron chi connectivity index (χ0n) is 20.2. The lowest BCUT2D eigenvalue weighted by atomic mass is 10.3. The maximum atomic E-state index is 13.1. The van der Waals surface area contributed by atoms with Gasteiger partial charge < -0.3 is 19.4 Å². The SMILES string of the molecule is CCOc1ccc(NC(=O)CSc2nc(C)c(C)n2CCOC)cc1S(=O)(=O)N(CC)CC. The Morgan fingerprint density at radius 3 is 2.52 bits per heavy atom. The fraction of sp³-hybridized carbons (Fsp3) is 0.545. The topological polar surface area (TPSA) is 103 Å². The van der Waals surface area contributed by atoms with Crippen molar-refractivity contribution < 1.29 is 22.7 Å². The highest BCUT2D eigenvalue weighted by Crippen LogP contribution is 2.30. The number of nitrogens with zero attached hydrogens (tertiary/aromatic N) is 3. The first-order valence-corrected chi connectivity index (χ1v) is 13.3. The number of nitrogens with one attached hydrogen (secondary N) is 1. The fourth-order valence-electron chi connectivity index (χ4n) is 3.27. The number of methoxy groups -OCH3 is 1. The van der Waals surface area contributed by atoms with Crippen molar-refractivity contribution in [3.05, 3.63) is 29.6 Å². The van der Waals surface area contributed by atoms with Crippen molar-refractivity contribution in [3.63, 3.8) is 0 Å². The van der Waals surface area contributed by atoms with E-state index in [-0.39, 0.29) is 22.3 Å². The molecule has 0 fully saturated rings. The lowest BCUT2D eigenvalue weighted by Crippen LogP contribution is -2.31. The van der Waals surface area contributed by atoms with Crippen molar-refractivity contribution in [2.45, 2.75) is 51.2 Å². The summed E-state index contributed by atoms with van der Waals surface area (Å²) in [5.74, 6) is 0.142. The lowest BCUT2D eigenvalue weighted by molar-refractivity contribution is -0.113. The second-order valence-electron chi connectivity index (χ2n) is 7.23. The first-order valence-electron chi connectivity index (χ1n) is 10.9. The van der Waals surface area contributed by atoms with Crippen LogP contribution in [-0.4, -0.2) is 67.3 Å². The van der Waals surface area contributed by atoms with Crippen LogP contribution in [0.4, 0.5) is 5.69 Å². The summed E-state index contributed by atoms with van der Waals surface area (Å²) in [6, 6.07) is 4.67. The van der Waals surface area contributed by atoms with E-state index >= 15 is 0 Å². The van der Waals surface area contributed by atoms with Crippen LogP contribution in [0.1, 0.15) is 32.2 Å². The normalized spacial score (nSPS) is 11.7. The first kappa shape index (κ1) is 27.2. The average Bonchev–Trinajstić information content (AvgIpc) is 3.05. The van der Waals surface area contributed by atoms with Crippen LogP contribution in [0, 0.1) is 13.8 Å². The Labute approximate surface area is 200 Å². The Morgan fingerprint density at radius 1 is 1.21 bits per heavy atom. The zero-order chi connectivity index (χ0) is 24.6. The van der Waals surface area contributed by atoms with E-state index in [4.69, 9.17) is 9.47 Å². The molecule has 1 aromatic heterocycles. The Bertz CT molecular complexity index is 1050. The number of hydrogen-bond acceptors (Lipinski definition) is 7. The van der Waals surface area contributed by atoms with Gasteiger partial charge in [0, 0.05) is 38.1 Å². The van der Waals surface area contributed by atoms with Crippen molar-refractivity contribution in [1.82, 2.24) is 13.9 Å². The van der Waals surface area contributed by atoms with Gasteiger partial charge in [0.2, 0.25) is 15.9 Å². The third kappa shape index (κ3) is 6.72. The second kappa shape index (κ2) is 12.4. The van der Waals surface area contributed by atoms with Gasteiger partial charge in [-0.05, 0) is 39.0 Å². The Kier molecular flexibility index (Phi) is 10.2. The number of aromatic nitrogens is 2. The Hall–Kier alpha value is -2.08. The van der Waals surface area contributed by atoms with Gasteiger partial charge in [-0.25, -0.2) is 13.4 Å². The molecule has 9 nitrogen and oxygen atoms in total. The monoisotopic (exact) mass is 498 g/mol. The average molecular weight is 499 g/mol. The summed E-state index contributed by atoms with van der Waals surface area (Å²) in [5.41, 5.74) is 2.34. The van der Waals surface area contributed by atoms with Crippen molar-refractivity contribution in [2.75, 3.05) is 44.5 Å². The first-order chi connectivity index (χ1) is 15.7. The summed E-state index contributed by atoms with van der Waals surface area (Å²) in [6.45, 7) is 11.5. The van der Waals surface area contributed by atoms with E-state index < -0.39 is 10.0 Å². The lowest BCUT2D eigenvalue weighted by Gasteiger charge is -2.21. The van der Waals surface area contributed by atoms with Gasteiger partial charge in [0.15, 0.2) is 5.16 Å². The molecule has 0 aliphatic carbocycles. The van der Waals surface area contributed by atoms with Gasteiger partial charge in [-0.2, -0.15) is 4.31 Å². The molecule has 2 rings (SSSR count). The van der Waals surface area contributed by atoms with E-state index in [0.717, 1.165) is 16.5 Å². The van der Waals surface area contributed by atoms with Crippen molar-refractivity contribution >= 4 is 33.4 Å². The van der Waals surface area contributed by atoms with Gasteiger partial charge in [0.05, 0.1) is 24.7 Å². The van der Waals surface area contributed by atoms with Crippen LogP contribution < -0.4 is 10.1 Å². The van der Waals surface area contributed by atoms with E-state index in [0.29, 0.717) is 38.5 Å². The summed E-state index contributed by atoms with van der Waals surface area (Å²) < 4.78 is 40.3. The number of amides is 1. The molecule has 0 atom stereocenters. The van der Waals surface area contributed by atoms with Crippen molar-refractivity contribution in [2.24, 2.45) is 0 Å². The number of anilines is 1.